The van der Waals surface area contributed by atoms with Crippen LogP contribution in [0.4, 0.5) is 0 Å². The Kier molecular flexibility index (Phi) is 6.85. The van der Waals surface area contributed by atoms with Gasteiger partial charge in [0.1, 0.15) is 0 Å². The minimum Gasteiger partial charge on any atom is -0.382 e. The molecule has 0 aliphatic heterocycles. The molecule has 0 aliphatic carbocycles. The zero-order valence-corrected chi connectivity index (χ0v) is 12.6. The summed E-state index contributed by atoms with van der Waals surface area (Å²) in [6.07, 6.45) is 0.582. The summed E-state index contributed by atoms with van der Waals surface area (Å²) in [4.78, 5) is 11.5. The lowest BCUT2D eigenvalue weighted by Crippen LogP contribution is -2.31. The first-order valence-electron chi connectivity index (χ1n) is 6.57. The largest absolute Gasteiger partial charge is 0.382 e. The van der Waals surface area contributed by atoms with Crippen LogP contribution in [-0.2, 0) is 25.3 Å². The Labute approximate surface area is 124 Å². The van der Waals surface area contributed by atoms with Crippen molar-refractivity contribution in [2.24, 2.45) is 0 Å². The van der Waals surface area contributed by atoms with Crippen LogP contribution in [0.15, 0.2) is 24.3 Å². The summed E-state index contributed by atoms with van der Waals surface area (Å²) in [6, 6.07) is 8.13. The standard InChI is InChI=1S/C14H18N2O4S/c1-2-20-9-3-4-14(17)16-21(18,19)11-13-7-5-12(10-15)6-8-13/h5-8H,2-4,9,11H2,1H3,(H,16,17). The van der Waals surface area contributed by atoms with Crippen LogP contribution < -0.4 is 4.72 Å². The summed E-state index contributed by atoms with van der Waals surface area (Å²) in [7, 11) is -3.72. The highest BCUT2D eigenvalue weighted by Crippen LogP contribution is 2.07. The van der Waals surface area contributed by atoms with Gasteiger partial charge in [0, 0.05) is 19.6 Å². The first-order valence-corrected chi connectivity index (χ1v) is 8.22. The molecule has 6 nitrogen and oxygen atoms in total. The molecule has 0 unspecified atom stereocenters. The van der Waals surface area contributed by atoms with Crippen molar-refractivity contribution in [3.8, 4) is 6.07 Å². The molecule has 0 aromatic heterocycles. The van der Waals surface area contributed by atoms with Crippen LogP contribution in [0.2, 0.25) is 0 Å². The topological polar surface area (TPSA) is 96.3 Å². The Hall–Kier alpha value is -1.91. The zero-order chi connectivity index (χ0) is 15.7. The molecule has 0 spiro atoms. The fourth-order valence-corrected chi connectivity index (χ4v) is 2.79. The van der Waals surface area contributed by atoms with Crippen LogP contribution >= 0.6 is 0 Å². The van der Waals surface area contributed by atoms with Crippen LogP contribution in [0.1, 0.15) is 30.9 Å². The lowest BCUT2D eigenvalue weighted by molar-refractivity contribution is -0.119. The molecule has 1 rings (SSSR count). The molecule has 0 bridgehead atoms. The summed E-state index contributed by atoms with van der Waals surface area (Å²) in [5, 5.41) is 8.67. The van der Waals surface area contributed by atoms with Crippen LogP contribution in [0.3, 0.4) is 0 Å². The number of nitriles is 1. The molecule has 0 radical (unpaired) electrons. The minimum atomic E-state index is -3.72. The minimum absolute atomic E-state index is 0.104. The highest BCUT2D eigenvalue weighted by Gasteiger charge is 2.15. The van der Waals surface area contributed by atoms with E-state index in [4.69, 9.17) is 10.00 Å². The van der Waals surface area contributed by atoms with Crippen molar-refractivity contribution < 1.29 is 17.9 Å². The van der Waals surface area contributed by atoms with Crippen LogP contribution in [0.5, 0.6) is 0 Å². The van der Waals surface area contributed by atoms with E-state index in [0.717, 1.165) is 0 Å². The van der Waals surface area contributed by atoms with Gasteiger partial charge in [0.05, 0.1) is 17.4 Å². The third kappa shape index (κ3) is 6.88. The van der Waals surface area contributed by atoms with Gasteiger partial charge in [0.2, 0.25) is 15.9 Å². The average molecular weight is 310 g/mol. The molecule has 0 aliphatic rings. The molecule has 7 heteroatoms. The van der Waals surface area contributed by atoms with Crippen molar-refractivity contribution in [1.29, 1.82) is 5.26 Å². The van der Waals surface area contributed by atoms with Gasteiger partial charge in [-0.15, -0.1) is 0 Å². The summed E-state index contributed by atoms with van der Waals surface area (Å²) in [6.45, 7) is 2.85. The fraction of sp³-hybridized carbons (Fsp3) is 0.429. The quantitative estimate of drug-likeness (QED) is 0.730. The highest BCUT2D eigenvalue weighted by molar-refractivity contribution is 7.89. The Morgan fingerprint density at radius 2 is 2.00 bits per heavy atom. The predicted molar refractivity (Wildman–Crippen MR) is 77.7 cm³/mol. The molecule has 1 amide bonds. The van der Waals surface area contributed by atoms with Gasteiger partial charge in [-0.3, -0.25) is 9.52 Å². The third-order valence-electron chi connectivity index (χ3n) is 2.61. The predicted octanol–water partition coefficient (Wildman–Crippen LogP) is 1.32. The molecule has 21 heavy (non-hydrogen) atoms. The molecule has 0 atom stereocenters. The lowest BCUT2D eigenvalue weighted by Gasteiger charge is -2.07. The molecule has 1 N–H and O–H groups in total. The number of nitrogens with one attached hydrogen (secondary N) is 1. The van der Waals surface area contributed by atoms with Crippen molar-refractivity contribution in [2.75, 3.05) is 13.2 Å². The smallest absolute Gasteiger partial charge is 0.239 e. The number of hydrogen-bond donors (Lipinski definition) is 1. The van der Waals surface area contributed by atoms with Gasteiger partial charge in [0.25, 0.3) is 0 Å². The molecule has 0 heterocycles. The number of ether oxygens (including phenoxy) is 1. The van der Waals surface area contributed by atoms with E-state index < -0.39 is 15.9 Å². The van der Waals surface area contributed by atoms with Crippen LogP contribution in [0.25, 0.3) is 0 Å². The second-order valence-electron chi connectivity index (χ2n) is 4.39. The van der Waals surface area contributed by atoms with E-state index in [1.165, 1.54) is 12.1 Å². The maximum Gasteiger partial charge on any atom is 0.239 e. The zero-order valence-electron chi connectivity index (χ0n) is 11.8. The summed E-state index contributed by atoms with van der Waals surface area (Å²) in [5.74, 6) is -0.834. The monoisotopic (exact) mass is 310 g/mol. The number of amides is 1. The van der Waals surface area contributed by atoms with Gasteiger partial charge in [-0.2, -0.15) is 5.26 Å². The van der Waals surface area contributed by atoms with Crippen molar-refractivity contribution >= 4 is 15.9 Å². The van der Waals surface area contributed by atoms with E-state index in [-0.39, 0.29) is 12.2 Å². The van der Waals surface area contributed by atoms with Crippen molar-refractivity contribution in [3.05, 3.63) is 35.4 Å². The Morgan fingerprint density at radius 1 is 1.33 bits per heavy atom. The van der Waals surface area contributed by atoms with E-state index in [9.17, 15) is 13.2 Å². The van der Waals surface area contributed by atoms with E-state index in [2.05, 4.69) is 0 Å². The second-order valence-corrected chi connectivity index (χ2v) is 6.12. The molecule has 1 aromatic rings. The Morgan fingerprint density at radius 3 is 2.57 bits per heavy atom. The van der Waals surface area contributed by atoms with Crippen LogP contribution in [0, 0.1) is 11.3 Å². The molecular formula is C14H18N2O4S. The molecule has 1 aromatic carbocycles. The first kappa shape index (κ1) is 17.1. The Balaban J connectivity index is 2.49. The second kappa shape index (κ2) is 8.39. The van der Waals surface area contributed by atoms with Crippen molar-refractivity contribution in [3.63, 3.8) is 0 Å². The fourth-order valence-electron chi connectivity index (χ4n) is 1.63. The number of benzene rings is 1. The highest BCUT2D eigenvalue weighted by atomic mass is 32.2. The van der Waals surface area contributed by atoms with E-state index in [0.29, 0.717) is 30.8 Å². The van der Waals surface area contributed by atoms with E-state index in [1.54, 1.807) is 12.1 Å². The maximum absolute atomic E-state index is 11.8. The van der Waals surface area contributed by atoms with Gasteiger partial charge in [0.15, 0.2) is 0 Å². The normalized spacial score (nSPS) is 10.9. The SMILES string of the molecule is CCOCCCC(=O)NS(=O)(=O)Cc1ccc(C#N)cc1. The average Bonchev–Trinajstić information content (AvgIpc) is 2.43. The van der Waals surface area contributed by atoms with E-state index >= 15 is 0 Å². The summed E-state index contributed by atoms with van der Waals surface area (Å²) >= 11 is 0. The maximum atomic E-state index is 11.8. The first-order chi connectivity index (χ1) is 9.96. The number of rotatable bonds is 8. The third-order valence-corrected chi connectivity index (χ3v) is 3.86. The van der Waals surface area contributed by atoms with Gasteiger partial charge in [-0.1, -0.05) is 12.1 Å². The molecular weight excluding hydrogens is 292 g/mol. The number of carbonyl (C=O) groups is 1. The molecule has 114 valence electrons. The number of sulfonamides is 1. The molecule has 0 saturated carbocycles. The number of hydrogen-bond acceptors (Lipinski definition) is 5. The van der Waals surface area contributed by atoms with Crippen LogP contribution in [-0.4, -0.2) is 27.5 Å². The molecule has 0 fully saturated rings. The van der Waals surface area contributed by atoms with Crippen molar-refractivity contribution in [1.82, 2.24) is 4.72 Å². The number of carbonyl (C=O) groups excluding carboxylic acids is 1. The molecule has 0 saturated heterocycles. The van der Waals surface area contributed by atoms with Gasteiger partial charge in [-0.05, 0) is 31.0 Å². The van der Waals surface area contributed by atoms with Crippen molar-refractivity contribution in [2.45, 2.75) is 25.5 Å². The summed E-state index contributed by atoms with van der Waals surface area (Å²) < 4.78 is 30.7. The number of nitrogens with zero attached hydrogens (tertiary/aromatic N) is 1. The van der Waals surface area contributed by atoms with Gasteiger partial charge >= 0.3 is 0 Å². The Bertz CT molecular complexity index is 603. The summed E-state index contributed by atoms with van der Waals surface area (Å²) in [5.41, 5.74) is 0.972. The lowest BCUT2D eigenvalue weighted by atomic mass is 10.2. The van der Waals surface area contributed by atoms with Gasteiger partial charge in [-0.25, -0.2) is 8.42 Å². The van der Waals surface area contributed by atoms with Gasteiger partial charge < -0.3 is 4.74 Å². The van der Waals surface area contributed by atoms with E-state index in [1.807, 2.05) is 17.7 Å².